The highest BCUT2D eigenvalue weighted by Gasteiger charge is 2.39. The van der Waals surface area contributed by atoms with E-state index in [1.807, 2.05) is 24.3 Å². The Morgan fingerprint density at radius 3 is 2.62 bits per heavy atom. The van der Waals surface area contributed by atoms with Crippen LogP contribution in [0.4, 0.5) is 4.79 Å². The maximum Gasteiger partial charge on any atom is 0.404 e. The molecule has 21 heavy (non-hydrogen) atoms. The fourth-order valence-corrected chi connectivity index (χ4v) is 3.13. The van der Waals surface area contributed by atoms with Gasteiger partial charge in [-0.2, -0.15) is 0 Å². The smallest absolute Gasteiger partial charge is 0.404 e. The van der Waals surface area contributed by atoms with Crippen LogP contribution in [0.1, 0.15) is 53.9 Å². The van der Waals surface area contributed by atoms with E-state index >= 15 is 0 Å². The van der Waals surface area contributed by atoms with Gasteiger partial charge in [-0.1, -0.05) is 25.0 Å². The molecule has 3 rings (SSSR count). The molecule has 5 nitrogen and oxygen atoms in total. The molecule has 0 saturated heterocycles. The highest BCUT2D eigenvalue weighted by Crippen LogP contribution is 2.40. The van der Waals surface area contributed by atoms with Gasteiger partial charge in [0.15, 0.2) is 0 Å². The van der Waals surface area contributed by atoms with Crippen molar-refractivity contribution in [2.75, 3.05) is 0 Å². The fraction of sp³-hybridized carbons (Fsp3) is 0.500. The van der Waals surface area contributed by atoms with Crippen LogP contribution in [0.25, 0.3) is 0 Å². The number of hydrogen-bond donors (Lipinski definition) is 3. The van der Waals surface area contributed by atoms with Gasteiger partial charge in [0.2, 0.25) is 0 Å². The summed E-state index contributed by atoms with van der Waals surface area (Å²) in [4.78, 5) is 22.9. The number of amides is 2. The first kappa shape index (κ1) is 13.9. The summed E-state index contributed by atoms with van der Waals surface area (Å²) in [5.74, 6) is 0.174. The second-order valence-corrected chi connectivity index (χ2v) is 5.98. The lowest BCUT2D eigenvalue weighted by molar-refractivity contribution is 0.0937. The minimum atomic E-state index is -0.988. The normalized spacial score (nSPS) is 24.6. The maximum absolute atomic E-state index is 12.2. The third-order valence-corrected chi connectivity index (χ3v) is 4.37. The van der Waals surface area contributed by atoms with E-state index in [-0.39, 0.29) is 17.9 Å². The van der Waals surface area contributed by atoms with Crippen LogP contribution in [0.3, 0.4) is 0 Å². The van der Waals surface area contributed by atoms with E-state index in [1.165, 1.54) is 12.8 Å². The first-order valence-electron chi connectivity index (χ1n) is 7.54. The van der Waals surface area contributed by atoms with Gasteiger partial charge in [0, 0.05) is 23.6 Å². The summed E-state index contributed by atoms with van der Waals surface area (Å²) in [6.07, 6.45) is 4.33. The van der Waals surface area contributed by atoms with Crippen molar-refractivity contribution in [3.05, 3.63) is 35.4 Å². The number of hydrogen-bond acceptors (Lipinski definition) is 2. The average molecular weight is 288 g/mol. The van der Waals surface area contributed by atoms with Gasteiger partial charge in [0.05, 0.1) is 0 Å². The summed E-state index contributed by atoms with van der Waals surface area (Å²) >= 11 is 0. The van der Waals surface area contributed by atoms with Crippen LogP contribution in [0.2, 0.25) is 0 Å². The predicted molar refractivity (Wildman–Crippen MR) is 78.5 cm³/mol. The summed E-state index contributed by atoms with van der Waals surface area (Å²) in [6.45, 7) is 0. The summed E-state index contributed by atoms with van der Waals surface area (Å²) < 4.78 is 0. The van der Waals surface area contributed by atoms with E-state index < -0.39 is 6.09 Å². The minimum Gasteiger partial charge on any atom is -0.465 e. The fourth-order valence-electron chi connectivity index (χ4n) is 3.13. The zero-order valence-electron chi connectivity index (χ0n) is 11.8. The van der Waals surface area contributed by atoms with Crippen LogP contribution < -0.4 is 10.6 Å². The molecule has 0 spiro atoms. The van der Waals surface area contributed by atoms with Gasteiger partial charge in [-0.25, -0.2) is 4.79 Å². The van der Waals surface area contributed by atoms with Crippen LogP contribution >= 0.6 is 0 Å². The van der Waals surface area contributed by atoms with Gasteiger partial charge in [-0.3, -0.25) is 4.79 Å². The summed E-state index contributed by atoms with van der Waals surface area (Å²) in [7, 11) is 0. The van der Waals surface area contributed by atoms with Crippen molar-refractivity contribution in [3.63, 3.8) is 0 Å². The molecule has 1 aromatic carbocycles. The van der Waals surface area contributed by atoms with Gasteiger partial charge in [0.1, 0.15) is 0 Å². The van der Waals surface area contributed by atoms with E-state index in [0.29, 0.717) is 11.6 Å². The van der Waals surface area contributed by atoms with Crippen molar-refractivity contribution in [2.45, 2.75) is 50.1 Å². The Morgan fingerprint density at radius 1 is 1.14 bits per heavy atom. The number of carbonyl (C=O) groups is 2. The predicted octanol–water partition coefficient (Wildman–Crippen LogP) is 2.48. The highest BCUT2D eigenvalue weighted by atomic mass is 16.4. The number of carboxylic acid groups (broad SMARTS) is 1. The first-order chi connectivity index (χ1) is 10.1. The molecule has 2 fully saturated rings. The second-order valence-electron chi connectivity index (χ2n) is 5.98. The molecule has 0 aromatic heterocycles. The highest BCUT2D eigenvalue weighted by molar-refractivity contribution is 5.94. The quantitative estimate of drug-likeness (QED) is 0.796. The number of carbonyl (C=O) groups excluding carboxylic acids is 1. The Hall–Kier alpha value is -2.04. The summed E-state index contributed by atoms with van der Waals surface area (Å²) in [6, 6.07) is 7.82. The molecule has 3 N–H and O–H groups in total. The van der Waals surface area contributed by atoms with Crippen LogP contribution in [0.5, 0.6) is 0 Å². The third-order valence-electron chi connectivity index (χ3n) is 4.37. The monoisotopic (exact) mass is 288 g/mol. The largest absolute Gasteiger partial charge is 0.465 e. The van der Waals surface area contributed by atoms with E-state index in [4.69, 9.17) is 5.11 Å². The molecule has 0 aliphatic heterocycles. The van der Waals surface area contributed by atoms with Crippen molar-refractivity contribution >= 4 is 12.0 Å². The molecular weight excluding hydrogens is 268 g/mol. The van der Waals surface area contributed by atoms with E-state index in [9.17, 15) is 9.59 Å². The van der Waals surface area contributed by atoms with Crippen LogP contribution in [0.15, 0.2) is 24.3 Å². The lowest BCUT2D eigenvalue weighted by Crippen LogP contribution is -2.32. The SMILES string of the molecule is O=C(O)N[C@@H]1C[C@H]1c1cccc(C(=O)NC2CCCC2)c1. The number of nitrogens with one attached hydrogen (secondary N) is 2. The van der Waals surface area contributed by atoms with E-state index in [2.05, 4.69) is 10.6 Å². The van der Waals surface area contributed by atoms with Crippen molar-refractivity contribution in [2.24, 2.45) is 0 Å². The van der Waals surface area contributed by atoms with Crippen LogP contribution in [0, 0.1) is 0 Å². The Labute approximate surface area is 123 Å². The first-order valence-corrected chi connectivity index (χ1v) is 7.54. The van der Waals surface area contributed by atoms with Gasteiger partial charge >= 0.3 is 6.09 Å². The van der Waals surface area contributed by atoms with Crippen LogP contribution in [-0.2, 0) is 0 Å². The maximum atomic E-state index is 12.2. The number of benzene rings is 1. The van der Waals surface area contributed by atoms with Gasteiger partial charge in [-0.05, 0) is 37.0 Å². The third kappa shape index (κ3) is 3.35. The molecule has 0 radical (unpaired) electrons. The zero-order valence-corrected chi connectivity index (χ0v) is 11.8. The molecule has 0 heterocycles. The summed E-state index contributed by atoms with van der Waals surface area (Å²) in [5, 5.41) is 14.3. The molecule has 2 aliphatic rings. The molecule has 0 unspecified atom stereocenters. The topological polar surface area (TPSA) is 78.4 Å². The van der Waals surface area contributed by atoms with Crippen molar-refractivity contribution in [1.82, 2.24) is 10.6 Å². The molecule has 5 heteroatoms. The van der Waals surface area contributed by atoms with Crippen molar-refractivity contribution in [1.29, 1.82) is 0 Å². The molecule has 2 saturated carbocycles. The van der Waals surface area contributed by atoms with Crippen molar-refractivity contribution < 1.29 is 14.7 Å². The number of rotatable bonds is 4. The zero-order chi connectivity index (χ0) is 14.8. The van der Waals surface area contributed by atoms with E-state index in [0.717, 1.165) is 24.8 Å². The van der Waals surface area contributed by atoms with Gasteiger partial charge < -0.3 is 15.7 Å². The minimum absolute atomic E-state index is 0.0179. The standard InChI is InChI=1S/C16H20N2O3/c19-15(17-12-6-1-2-7-12)11-5-3-4-10(8-11)13-9-14(13)18-16(20)21/h3-5,8,12-14,18H,1-2,6-7,9H2,(H,17,19)(H,20,21)/t13-,14+/m0/s1. The lowest BCUT2D eigenvalue weighted by atomic mass is 10.1. The molecule has 2 amide bonds. The average Bonchev–Trinajstić information content (AvgIpc) is 3.02. The Bertz CT molecular complexity index is 552. The van der Waals surface area contributed by atoms with Crippen molar-refractivity contribution in [3.8, 4) is 0 Å². The summed E-state index contributed by atoms with van der Waals surface area (Å²) in [5.41, 5.74) is 1.70. The Balaban J connectivity index is 1.63. The lowest BCUT2D eigenvalue weighted by Gasteiger charge is -2.12. The molecule has 1 aromatic rings. The molecular formula is C16H20N2O3. The second kappa shape index (κ2) is 5.76. The Kier molecular flexibility index (Phi) is 3.82. The molecule has 0 bridgehead atoms. The molecule has 2 aliphatic carbocycles. The van der Waals surface area contributed by atoms with Gasteiger partial charge in [-0.15, -0.1) is 0 Å². The Morgan fingerprint density at radius 2 is 1.90 bits per heavy atom. The molecule has 2 atom stereocenters. The molecule has 112 valence electrons. The van der Waals surface area contributed by atoms with E-state index in [1.54, 1.807) is 0 Å². The van der Waals surface area contributed by atoms with Crippen LogP contribution in [-0.4, -0.2) is 29.2 Å². The van der Waals surface area contributed by atoms with Gasteiger partial charge in [0.25, 0.3) is 5.91 Å².